The van der Waals surface area contributed by atoms with Gasteiger partial charge in [-0.1, -0.05) is 6.92 Å². The molecule has 2 aromatic rings. The molecule has 3 aliphatic rings. The van der Waals surface area contributed by atoms with Crippen molar-refractivity contribution in [1.29, 1.82) is 0 Å². The van der Waals surface area contributed by atoms with Gasteiger partial charge in [0, 0.05) is 77.0 Å². The number of carbonyl (C=O) groups is 4. The normalized spacial score (nSPS) is 21.3. The summed E-state index contributed by atoms with van der Waals surface area (Å²) in [5.41, 5.74) is 11.4. The zero-order chi connectivity index (χ0) is 31.9. The van der Waals surface area contributed by atoms with E-state index >= 15 is 0 Å². The standard InChI is InChI=1S/C33H42N4O6S/c1-6-19-17(4)32(42)37-25(19)12-23-16(3)21(8-10-30(40)41)27(35-23)13-26-20(7-9-29(38)39)15(2)22(34-26)11-24-18(5)31(28-14-44-28)33(43)36-24/h24-25,28,34-35H,6-14H2,1-5H3,(H,36,43)(H,37,42)(H,38,39)(H,40,41)/t24-,25+,28-/m1/s1. The van der Waals surface area contributed by atoms with Crippen molar-refractivity contribution in [3.8, 4) is 0 Å². The number of aromatic nitrogens is 2. The number of carboxylic acid groups (broad SMARTS) is 2. The lowest BCUT2D eigenvalue weighted by Gasteiger charge is -2.14. The van der Waals surface area contributed by atoms with Crippen LogP contribution in [0.15, 0.2) is 22.3 Å². The van der Waals surface area contributed by atoms with E-state index in [1.165, 1.54) is 0 Å². The molecule has 11 heteroatoms. The fourth-order valence-corrected chi connectivity index (χ4v) is 7.65. The molecule has 236 valence electrons. The predicted octanol–water partition coefficient (Wildman–Crippen LogP) is 3.83. The van der Waals surface area contributed by atoms with Crippen LogP contribution < -0.4 is 10.6 Å². The van der Waals surface area contributed by atoms with Gasteiger partial charge in [-0.05, 0) is 80.4 Å². The minimum Gasteiger partial charge on any atom is -0.481 e. The second-order valence-electron chi connectivity index (χ2n) is 12.2. The van der Waals surface area contributed by atoms with Crippen molar-refractivity contribution >= 4 is 35.5 Å². The summed E-state index contributed by atoms with van der Waals surface area (Å²) in [7, 11) is 0. The third-order valence-corrected chi connectivity index (χ3v) is 10.5. The smallest absolute Gasteiger partial charge is 0.303 e. The maximum atomic E-state index is 12.7. The van der Waals surface area contributed by atoms with Gasteiger partial charge in [0.05, 0.1) is 12.1 Å². The number of rotatable bonds is 14. The number of thioether (sulfide) groups is 1. The van der Waals surface area contributed by atoms with E-state index in [1.54, 1.807) is 11.8 Å². The number of nitrogens with one attached hydrogen (secondary N) is 4. The first-order valence-corrected chi connectivity index (χ1v) is 16.4. The Kier molecular flexibility index (Phi) is 9.15. The minimum atomic E-state index is -0.876. The van der Waals surface area contributed by atoms with E-state index in [4.69, 9.17) is 0 Å². The number of carboxylic acids is 2. The van der Waals surface area contributed by atoms with E-state index in [9.17, 15) is 29.4 Å². The van der Waals surface area contributed by atoms with Crippen LogP contribution in [-0.2, 0) is 51.3 Å². The van der Waals surface area contributed by atoms with Gasteiger partial charge in [-0.25, -0.2) is 0 Å². The quantitative estimate of drug-likeness (QED) is 0.174. The molecule has 0 aromatic carbocycles. The number of H-pyrrole nitrogens is 2. The summed E-state index contributed by atoms with van der Waals surface area (Å²) < 4.78 is 0. The van der Waals surface area contributed by atoms with Gasteiger partial charge >= 0.3 is 11.9 Å². The highest BCUT2D eigenvalue weighted by Gasteiger charge is 2.39. The second kappa shape index (κ2) is 12.7. The van der Waals surface area contributed by atoms with Crippen molar-refractivity contribution < 1.29 is 29.4 Å². The molecule has 2 amide bonds. The van der Waals surface area contributed by atoms with E-state index in [0.717, 1.165) is 79.5 Å². The molecule has 0 spiro atoms. The Labute approximate surface area is 261 Å². The zero-order valence-corrected chi connectivity index (χ0v) is 26.8. The molecule has 1 fully saturated rings. The molecule has 6 N–H and O–H groups in total. The molecule has 0 bridgehead atoms. The van der Waals surface area contributed by atoms with E-state index < -0.39 is 11.9 Å². The highest BCUT2D eigenvalue weighted by Crippen LogP contribution is 2.41. The van der Waals surface area contributed by atoms with Crippen LogP contribution in [0.3, 0.4) is 0 Å². The Morgan fingerprint density at radius 2 is 1.30 bits per heavy atom. The molecule has 3 atom stereocenters. The summed E-state index contributed by atoms with van der Waals surface area (Å²) in [6.07, 6.45) is 3.07. The molecule has 0 saturated carbocycles. The first-order valence-electron chi connectivity index (χ1n) is 15.3. The number of hydrogen-bond donors (Lipinski definition) is 6. The highest BCUT2D eigenvalue weighted by molar-refractivity contribution is 8.07. The summed E-state index contributed by atoms with van der Waals surface area (Å²) >= 11 is 1.78. The largest absolute Gasteiger partial charge is 0.481 e. The van der Waals surface area contributed by atoms with Gasteiger partial charge in [-0.15, -0.1) is 0 Å². The molecular formula is C33H42N4O6S. The molecule has 0 radical (unpaired) electrons. The molecule has 44 heavy (non-hydrogen) atoms. The van der Waals surface area contributed by atoms with Crippen LogP contribution in [0.5, 0.6) is 0 Å². The highest BCUT2D eigenvalue weighted by atomic mass is 32.2. The summed E-state index contributed by atoms with van der Waals surface area (Å²) in [5, 5.41) is 25.5. The molecule has 2 aromatic heterocycles. The van der Waals surface area contributed by atoms with E-state index in [-0.39, 0.29) is 42.0 Å². The maximum Gasteiger partial charge on any atom is 0.303 e. The Morgan fingerprint density at radius 1 is 0.795 bits per heavy atom. The third kappa shape index (κ3) is 6.38. The van der Waals surface area contributed by atoms with Gasteiger partial charge in [0.1, 0.15) is 0 Å². The van der Waals surface area contributed by atoms with Crippen molar-refractivity contribution in [2.24, 2.45) is 0 Å². The van der Waals surface area contributed by atoms with Gasteiger partial charge in [0.25, 0.3) is 0 Å². The van der Waals surface area contributed by atoms with Crippen LogP contribution in [0.1, 0.15) is 85.1 Å². The van der Waals surface area contributed by atoms with Gasteiger partial charge in [0.15, 0.2) is 0 Å². The van der Waals surface area contributed by atoms with Crippen LogP contribution in [0.2, 0.25) is 0 Å². The van der Waals surface area contributed by atoms with E-state index in [1.807, 2.05) is 34.6 Å². The number of amides is 2. The van der Waals surface area contributed by atoms with Crippen molar-refractivity contribution in [1.82, 2.24) is 20.6 Å². The lowest BCUT2D eigenvalue weighted by atomic mass is 9.95. The lowest BCUT2D eigenvalue weighted by Crippen LogP contribution is -2.31. The fraction of sp³-hybridized carbons (Fsp3) is 0.515. The Morgan fingerprint density at radius 3 is 1.77 bits per heavy atom. The maximum absolute atomic E-state index is 12.7. The van der Waals surface area contributed by atoms with Gasteiger partial charge in [0.2, 0.25) is 11.8 Å². The zero-order valence-electron chi connectivity index (χ0n) is 26.0. The van der Waals surface area contributed by atoms with Crippen molar-refractivity contribution in [2.45, 2.75) is 103 Å². The Hall–Kier alpha value is -3.73. The molecular weight excluding hydrogens is 580 g/mol. The van der Waals surface area contributed by atoms with E-state index in [0.29, 0.717) is 32.1 Å². The summed E-state index contributed by atoms with van der Waals surface area (Å²) in [5.74, 6) is -0.821. The van der Waals surface area contributed by atoms with E-state index in [2.05, 4.69) is 20.6 Å². The first kappa shape index (κ1) is 31.7. The number of carbonyl (C=O) groups excluding carboxylic acids is 2. The van der Waals surface area contributed by atoms with Crippen LogP contribution in [0.25, 0.3) is 0 Å². The third-order valence-electron chi connectivity index (χ3n) is 9.57. The topological polar surface area (TPSA) is 164 Å². The average molecular weight is 623 g/mol. The monoisotopic (exact) mass is 622 g/mol. The molecule has 5 heterocycles. The lowest BCUT2D eigenvalue weighted by molar-refractivity contribution is -0.138. The molecule has 5 rings (SSSR count). The molecule has 1 saturated heterocycles. The number of hydrogen-bond acceptors (Lipinski definition) is 5. The van der Waals surface area contributed by atoms with Crippen molar-refractivity contribution in [2.75, 3.05) is 5.75 Å². The first-order chi connectivity index (χ1) is 20.9. The molecule has 0 aliphatic carbocycles. The Balaban J connectivity index is 1.47. The van der Waals surface area contributed by atoms with Crippen molar-refractivity contribution in [3.63, 3.8) is 0 Å². The molecule has 10 nitrogen and oxygen atoms in total. The summed E-state index contributed by atoms with van der Waals surface area (Å²) in [4.78, 5) is 55.4. The van der Waals surface area contributed by atoms with Crippen molar-refractivity contribution in [3.05, 3.63) is 67.3 Å². The minimum absolute atomic E-state index is 0.00483. The molecule has 0 unspecified atom stereocenters. The summed E-state index contributed by atoms with van der Waals surface area (Å²) in [6.45, 7) is 9.91. The fourth-order valence-electron chi connectivity index (χ4n) is 6.93. The Bertz CT molecular complexity index is 1590. The van der Waals surface area contributed by atoms with Crippen LogP contribution >= 0.6 is 11.8 Å². The van der Waals surface area contributed by atoms with Crippen LogP contribution in [0, 0.1) is 13.8 Å². The van der Waals surface area contributed by atoms with Crippen LogP contribution in [0.4, 0.5) is 0 Å². The van der Waals surface area contributed by atoms with Crippen LogP contribution in [-0.4, -0.2) is 67.0 Å². The second-order valence-corrected chi connectivity index (χ2v) is 13.5. The SMILES string of the molecule is CCC1=C(C)C(=O)N[C@H]1Cc1[nH]c(Cc2[nH]c(C[C@H]3NC(=O)C([C@H]4CS4)=C3C)c(C)c2CCC(=O)O)c(CCC(=O)O)c1C. The average Bonchev–Trinajstić information content (AvgIpc) is 3.53. The van der Waals surface area contributed by atoms with Gasteiger partial charge in [-0.2, -0.15) is 11.8 Å². The van der Waals surface area contributed by atoms with Gasteiger partial charge < -0.3 is 30.8 Å². The number of aromatic amines is 2. The van der Waals surface area contributed by atoms with Gasteiger partial charge in [-0.3, -0.25) is 19.2 Å². The summed E-state index contributed by atoms with van der Waals surface area (Å²) in [6, 6.07) is -0.236. The number of aliphatic carboxylic acids is 2. The molecule has 3 aliphatic heterocycles. The predicted molar refractivity (Wildman–Crippen MR) is 169 cm³/mol.